The van der Waals surface area contributed by atoms with Crippen molar-refractivity contribution in [1.82, 2.24) is 0 Å². The Morgan fingerprint density at radius 3 is 1.86 bits per heavy atom. The van der Waals surface area contributed by atoms with Gasteiger partial charge in [0.05, 0.1) is 6.10 Å². The number of carboxylic acids is 2. The first kappa shape index (κ1) is 19.8. The maximum atomic E-state index is 9.77. The first-order valence-electron chi connectivity index (χ1n) is 6.11. The number of hydrogen-bond donors (Lipinski definition) is 7. The molecule has 0 radical (unpaired) electrons. The highest BCUT2D eigenvalue weighted by Gasteiger charge is 2.29. The minimum Gasteiger partial charge on any atom is -0.508 e. The fourth-order valence-corrected chi connectivity index (χ4v) is 1.29. The number of aliphatic hydroxyl groups excluding tert-OH is 3. The fourth-order valence-electron chi connectivity index (χ4n) is 1.29. The van der Waals surface area contributed by atoms with Crippen LogP contribution in [0.25, 0.3) is 0 Å². The van der Waals surface area contributed by atoms with Crippen LogP contribution in [0.2, 0.25) is 0 Å². The van der Waals surface area contributed by atoms with Gasteiger partial charge in [-0.05, 0) is 30.2 Å². The Morgan fingerprint density at radius 2 is 1.55 bits per heavy atom. The molecule has 0 amide bonds. The first-order valence-corrected chi connectivity index (χ1v) is 6.11. The molecule has 124 valence electrons. The minimum atomic E-state index is -2.27. The number of aryl methyl sites for hydroxylation is 1. The molecular formula is C13H19NO8. The summed E-state index contributed by atoms with van der Waals surface area (Å²) in [6.45, 7) is 1.98. The lowest BCUT2D eigenvalue weighted by Gasteiger charge is -2.09. The molecule has 3 atom stereocenters. The summed E-state index contributed by atoms with van der Waals surface area (Å²) < 4.78 is 0. The summed E-state index contributed by atoms with van der Waals surface area (Å²) in [6.07, 6.45) is -5.17. The molecule has 8 N–H and O–H groups in total. The third-order valence-electron chi connectivity index (χ3n) is 2.63. The van der Waals surface area contributed by atoms with Gasteiger partial charge in [0.1, 0.15) is 5.75 Å². The Morgan fingerprint density at radius 1 is 1.09 bits per heavy atom. The van der Waals surface area contributed by atoms with Crippen LogP contribution in [0.5, 0.6) is 5.75 Å². The molecule has 0 aliphatic rings. The van der Waals surface area contributed by atoms with E-state index < -0.39 is 30.3 Å². The number of aliphatic carboxylic acids is 2. The number of carboxylic acid groups (broad SMARTS) is 2. The van der Waals surface area contributed by atoms with Gasteiger partial charge < -0.3 is 36.4 Å². The molecule has 0 aliphatic carbocycles. The van der Waals surface area contributed by atoms with Gasteiger partial charge in [-0.15, -0.1) is 0 Å². The van der Waals surface area contributed by atoms with E-state index in [1.807, 2.05) is 0 Å². The summed E-state index contributed by atoms with van der Waals surface area (Å²) >= 11 is 0. The molecule has 9 nitrogen and oxygen atoms in total. The van der Waals surface area contributed by atoms with E-state index in [1.165, 1.54) is 0 Å². The van der Waals surface area contributed by atoms with Crippen molar-refractivity contribution < 1.29 is 40.2 Å². The van der Waals surface area contributed by atoms with Gasteiger partial charge >= 0.3 is 11.9 Å². The highest BCUT2D eigenvalue weighted by Crippen LogP contribution is 2.20. The second kappa shape index (κ2) is 8.95. The van der Waals surface area contributed by atoms with E-state index >= 15 is 0 Å². The van der Waals surface area contributed by atoms with Gasteiger partial charge in [0.25, 0.3) is 0 Å². The fraction of sp³-hybridized carbons (Fsp3) is 0.385. The Hall–Kier alpha value is -2.20. The van der Waals surface area contributed by atoms with Crippen LogP contribution in [-0.2, 0) is 9.59 Å². The molecule has 1 aromatic carbocycles. The molecule has 0 saturated carbocycles. The van der Waals surface area contributed by atoms with E-state index in [9.17, 15) is 19.8 Å². The number of rotatable bonds is 5. The number of aliphatic hydroxyl groups is 3. The zero-order chi connectivity index (χ0) is 17.4. The van der Waals surface area contributed by atoms with Crippen LogP contribution in [0.3, 0.4) is 0 Å². The average Bonchev–Trinajstić information content (AvgIpc) is 2.48. The van der Waals surface area contributed by atoms with Crippen LogP contribution >= 0.6 is 0 Å². The van der Waals surface area contributed by atoms with E-state index in [-0.39, 0.29) is 12.3 Å². The Labute approximate surface area is 125 Å². The van der Waals surface area contributed by atoms with Gasteiger partial charge in [0.15, 0.2) is 12.2 Å². The van der Waals surface area contributed by atoms with Crippen molar-refractivity contribution in [2.75, 3.05) is 6.54 Å². The molecule has 0 heterocycles. The third-order valence-corrected chi connectivity index (χ3v) is 2.63. The van der Waals surface area contributed by atoms with Crippen LogP contribution in [0.1, 0.15) is 17.2 Å². The van der Waals surface area contributed by atoms with Crippen LogP contribution in [0, 0.1) is 6.92 Å². The summed E-state index contributed by atoms with van der Waals surface area (Å²) in [5.74, 6) is -3.30. The van der Waals surface area contributed by atoms with Crippen molar-refractivity contribution in [1.29, 1.82) is 0 Å². The monoisotopic (exact) mass is 317 g/mol. The molecule has 0 fully saturated rings. The minimum absolute atomic E-state index is 0.199. The molecule has 1 rings (SSSR count). The summed E-state index contributed by atoms with van der Waals surface area (Å²) in [7, 11) is 0. The topological polar surface area (TPSA) is 182 Å². The number of benzene rings is 1. The second-order valence-electron chi connectivity index (χ2n) is 4.36. The normalized spacial score (nSPS) is 14.2. The Bertz CT molecular complexity index is 501. The van der Waals surface area contributed by atoms with Crippen molar-refractivity contribution in [2.45, 2.75) is 25.2 Å². The molecular weight excluding hydrogens is 298 g/mol. The lowest BCUT2D eigenvalue weighted by atomic mass is 10.1. The second-order valence-corrected chi connectivity index (χ2v) is 4.36. The third kappa shape index (κ3) is 6.06. The summed E-state index contributed by atoms with van der Waals surface area (Å²) in [5.41, 5.74) is 6.77. The Balaban J connectivity index is 0.000000409. The smallest absolute Gasteiger partial charge is 0.335 e. The average molecular weight is 317 g/mol. The maximum Gasteiger partial charge on any atom is 0.335 e. The first-order chi connectivity index (χ1) is 10.1. The predicted molar refractivity (Wildman–Crippen MR) is 74.1 cm³/mol. The quantitative estimate of drug-likeness (QED) is 0.342. The van der Waals surface area contributed by atoms with Crippen LogP contribution in [0.4, 0.5) is 0 Å². The molecule has 0 aliphatic heterocycles. The van der Waals surface area contributed by atoms with E-state index in [0.717, 1.165) is 11.1 Å². The lowest BCUT2D eigenvalue weighted by Crippen LogP contribution is -2.39. The molecule has 1 aromatic rings. The molecule has 22 heavy (non-hydrogen) atoms. The lowest BCUT2D eigenvalue weighted by molar-refractivity contribution is -0.165. The molecule has 0 saturated heterocycles. The van der Waals surface area contributed by atoms with Crippen molar-refractivity contribution in [3.05, 3.63) is 29.3 Å². The van der Waals surface area contributed by atoms with Gasteiger partial charge in [0.2, 0.25) is 0 Å². The zero-order valence-electron chi connectivity index (χ0n) is 11.7. The number of aromatic hydroxyl groups is 1. The largest absolute Gasteiger partial charge is 0.508 e. The highest BCUT2D eigenvalue weighted by atomic mass is 16.4. The SMILES string of the molecule is Cc1cc([C@@H](O)CN)ccc1O.O=C(O)C(O)C(O)C(=O)O. The van der Waals surface area contributed by atoms with E-state index in [1.54, 1.807) is 25.1 Å². The Kier molecular flexibility index (Phi) is 8.05. The van der Waals surface area contributed by atoms with Gasteiger partial charge in [-0.1, -0.05) is 6.07 Å². The van der Waals surface area contributed by atoms with Gasteiger partial charge in [-0.3, -0.25) is 0 Å². The number of nitrogens with two attached hydrogens (primary N) is 1. The van der Waals surface area contributed by atoms with Gasteiger partial charge in [-0.2, -0.15) is 0 Å². The van der Waals surface area contributed by atoms with Crippen LogP contribution < -0.4 is 5.73 Å². The van der Waals surface area contributed by atoms with E-state index in [2.05, 4.69) is 0 Å². The summed E-state index contributed by atoms with van der Waals surface area (Å²) in [4.78, 5) is 19.5. The molecule has 0 spiro atoms. The number of phenols is 1. The molecule has 9 heteroatoms. The van der Waals surface area contributed by atoms with Gasteiger partial charge in [-0.25, -0.2) is 9.59 Å². The number of hydrogen-bond acceptors (Lipinski definition) is 7. The predicted octanol–water partition coefficient (Wildman–Crippen LogP) is -1.43. The number of phenolic OH excluding ortho intramolecular Hbond substituents is 1. The highest BCUT2D eigenvalue weighted by molar-refractivity contribution is 5.83. The number of carbonyl (C=O) groups is 2. The van der Waals surface area contributed by atoms with E-state index in [0.29, 0.717) is 0 Å². The molecule has 2 unspecified atom stereocenters. The van der Waals surface area contributed by atoms with Crippen LogP contribution in [0.15, 0.2) is 18.2 Å². The van der Waals surface area contributed by atoms with Crippen molar-refractivity contribution in [3.63, 3.8) is 0 Å². The standard InChI is InChI=1S/C9H13NO2.C4H6O6/c1-6-4-7(9(12)5-10)2-3-8(6)11;5-1(3(7)8)2(6)4(9)10/h2-4,9,11-12H,5,10H2,1H3;1-2,5-6H,(H,7,8)(H,9,10)/t9-;/m0./s1. The van der Waals surface area contributed by atoms with E-state index in [4.69, 9.17) is 26.2 Å². The van der Waals surface area contributed by atoms with Crippen molar-refractivity contribution in [3.8, 4) is 5.75 Å². The summed E-state index contributed by atoms with van der Waals surface area (Å²) in [6, 6.07) is 4.95. The maximum absolute atomic E-state index is 9.77. The van der Waals surface area contributed by atoms with Crippen molar-refractivity contribution in [2.24, 2.45) is 5.73 Å². The van der Waals surface area contributed by atoms with Gasteiger partial charge in [0, 0.05) is 6.54 Å². The zero-order valence-corrected chi connectivity index (χ0v) is 11.7. The summed E-state index contributed by atoms with van der Waals surface area (Å²) in [5, 5.41) is 51.0. The molecule has 0 bridgehead atoms. The van der Waals surface area contributed by atoms with Crippen molar-refractivity contribution >= 4 is 11.9 Å². The van der Waals surface area contributed by atoms with Crippen LogP contribution in [-0.4, -0.2) is 61.3 Å². The molecule has 0 aromatic heterocycles.